The number of rotatable bonds is 4. The summed E-state index contributed by atoms with van der Waals surface area (Å²) in [6.07, 6.45) is 4.90. The van der Waals surface area contributed by atoms with Gasteiger partial charge < -0.3 is 9.88 Å². The predicted octanol–water partition coefficient (Wildman–Crippen LogP) is 3.13. The number of amides is 1. The topological polar surface area (TPSA) is 112 Å². The van der Waals surface area contributed by atoms with Crippen molar-refractivity contribution in [2.24, 2.45) is 0 Å². The Bertz CT molecular complexity index is 1460. The van der Waals surface area contributed by atoms with Crippen molar-refractivity contribution in [2.75, 3.05) is 26.2 Å². The van der Waals surface area contributed by atoms with Gasteiger partial charge in [-0.3, -0.25) is 9.78 Å². The number of aryl methyl sites for hydroxylation is 1. The van der Waals surface area contributed by atoms with E-state index in [1.807, 2.05) is 19.1 Å². The van der Waals surface area contributed by atoms with E-state index in [9.17, 15) is 13.2 Å². The minimum Gasteiger partial charge on any atom is -0.345 e. The Morgan fingerprint density at radius 3 is 2.38 bits per heavy atom. The number of aromatic amines is 1. The highest BCUT2D eigenvalue weighted by atomic mass is 35.5. The van der Waals surface area contributed by atoms with Crippen molar-refractivity contribution < 1.29 is 13.2 Å². The number of carbonyl (C=O) groups excluding carboxylic acids is 1. The van der Waals surface area contributed by atoms with E-state index in [2.05, 4.69) is 19.9 Å². The Labute approximate surface area is 201 Å². The van der Waals surface area contributed by atoms with Gasteiger partial charge in [0.1, 0.15) is 5.03 Å². The number of halogens is 1. The summed E-state index contributed by atoms with van der Waals surface area (Å²) in [6.45, 7) is 2.80. The van der Waals surface area contributed by atoms with Gasteiger partial charge in [-0.05, 0) is 42.8 Å². The number of nitrogens with one attached hydrogen (secondary N) is 1. The minimum atomic E-state index is -3.73. The predicted molar refractivity (Wildman–Crippen MR) is 128 cm³/mol. The summed E-state index contributed by atoms with van der Waals surface area (Å²) in [5.41, 5.74) is 3.18. The third-order valence-corrected chi connectivity index (χ3v) is 7.81. The maximum Gasteiger partial charge on any atom is 0.291 e. The number of hydrogen-bond acceptors (Lipinski definition) is 6. The second-order valence-electron chi connectivity index (χ2n) is 8.08. The summed E-state index contributed by atoms with van der Waals surface area (Å²) in [7, 11) is -3.73. The smallest absolute Gasteiger partial charge is 0.291 e. The molecule has 0 aliphatic carbocycles. The maximum atomic E-state index is 13.1. The number of nitrogens with zero attached hydrogens (tertiary/aromatic N) is 5. The van der Waals surface area contributed by atoms with Crippen molar-refractivity contribution in [1.82, 2.24) is 29.1 Å². The zero-order chi connectivity index (χ0) is 23.9. The molecular weight excluding hydrogens is 476 g/mol. The van der Waals surface area contributed by atoms with Crippen LogP contribution in [-0.2, 0) is 10.0 Å². The monoisotopic (exact) mass is 496 g/mol. The van der Waals surface area contributed by atoms with Gasteiger partial charge in [-0.15, -0.1) is 0 Å². The fourth-order valence-electron chi connectivity index (χ4n) is 3.84. The Balaban J connectivity index is 1.26. The molecule has 0 spiro atoms. The number of benzene rings is 1. The lowest BCUT2D eigenvalue weighted by Crippen LogP contribution is -2.50. The molecule has 1 fully saturated rings. The first-order chi connectivity index (χ1) is 16.3. The van der Waals surface area contributed by atoms with Gasteiger partial charge in [0.2, 0.25) is 5.82 Å². The molecule has 174 valence electrons. The van der Waals surface area contributed by atoms with Crippen LogP contribution in [0.15, 0.2) is 60.0 Å². The van der Waals surface area contributed by atoms with Crippen LogP contribution in [0.25, 0.3) is 22.2 Å². The zero-order valence-corrected chi connectivity index (χ0v) is 19.8. The molecule has 0 radical (unpaired) electrons. The first-order valence-corrected chi connectivity index (χ1v) is 12.5. The summed E-state index contributed by atoms with van der Waals surface area (Å²) >= 11 is 6.01. The minimum absolute atomic E-state index is 0.0691. The fourth-order valence-corrected chi connectivity index (χ4v) is 5.45. The molecule has 5 rings (SSSR count). The largest absolute Gasteiger partial charge is 0.345 e. The van der Waals surface area contributed by atoms with Gasteiger partial charge in [-0.25, -0.2) is 18.4 Å². The fraction of sp³-hybridized carbons (Fsp3) is 0.217. The summed E-state index contributed by atoms with van der Waals surface area (Å²) in [5.74, 6) is -0.264. The van der Waals surface area contributed by atoms with Crippen molar-refractivity contribution in [3.05, 3.63) is 71.4 Å². The highest BCUT2D eigenvalue weighted by Gasteiger charge is 2.32. The van der Waals surface area contributed by atoms with Gasteiger partial charge in [-0.2, -0.15) is 4.31 Å². The van der Waals surface area contributed by atoms with E-state index in [-0.39, 0.29) is 42.9 Å². The van der Waals surface area contributed by atoms with Gasteiger partial charge in [0, 0.05) is 66.3 Å². The molecule has 0 atom stereocenters. The standard InChI is InChI=1S/C23H21ClN6O3S/c1-15-2-4-19(25-12-15)17-13-26-22(27-14-17)23(31)29-6-8-30(9-7-29)34(32,33)21-11-16-10-18(24)3-5-20(16)28-21/h2-5,10-14,28H,6-9H2,1H3. The maximum absolute atomic E-state index is 13.1. The number of fused-ring (bicyclic) bond motifs is 1. The van der Waals surface area contributed by atoms with E-state index < -0.39 is 10.0 Å². The number of carbonyl (C=O) groups is 1. The average molecular weight is 497 g/mol. The highest BCUT2D eigenvalue weighted by molar-refractivity contribution is 7.89. The molecular formula is C23H21ClN6O3S. The van der Waals surface area contributed by atoms with Crippen molar-refractivity contribution in [3.8, 4) is 11.3 Å². The molecule has 3 aromatic heterocycles. The number of aromatic nitrogens is 4. The molecule has 0 saturated carbocycles. The summed E-state index contributed by atoms with van der Waals surface area (Å²) in [5, 5.41) is 1.36. The van der Waals surface area contributed by atoms with Crippen LogP contribution in [-0.4, -0.2) is 69.6 Å². The lowest BCUT2D eigenvalue weighted by atomic mass is 10.2. The molecule has 0 bridgehead atoms. The van der Waals surface area contributed by atoms with E-state index in [0.29, 0.717) is 16.1 Å². The lowest BCUT2D eigenvalue weighted by molar-refractivity contribution is 0.0685. The van der Waals surface area contributed by atoms with Crippen LogP contribution in [0.1, 0.15) is 16.2 Å². The molecule has 0 unspecified atom stereocenters. The molecule has 11 heteroatoms. The van der Waals surface area contributed by atoms with Crippen LogP contribution >= 0.6 is 11.6 Å². The Morgan fingerprint density at radius 2 is 1.71 bits per heavy atom. The zero-order valence-electron chi connectivity index (χ0n) is 18.3. The second kappa shape index (κ2) is 8.79. The average Bonchev–Trinajstić information content (AvgIpc) is 3.28. The molecule has 1 aliphatic rings. The third-order valence-electron chi connectivity index (χ3n) is 5.75. The number of H-pyrrole nitrogens is 1. The van der Waals surface area contributed by atoms with Crippen molar-refractivity contribution in [2.45, 2.75) is 11.9 Å². The van der Waals surface area contributed by atoms with E-state index in [1.54, 1.807) is 47.8 Å². The summed E-state index contributed by atoms with van der Waals surface area (Å²) in [4.78, 5) is 30.1. The molecule has 34 heavy (non-hydrogen) atoms. The first kappa shape index (κ1) is 22.5. The normalized spacial score (nSPS) is 15.1. The molecule has 1 aliphatic heterocycles. The van der Waals surface area contributed by atoms with Crippen LogP contribution in [0.4, 0.5) is 0 Å². The van der Waals surface area contributed by atoms with Crippen molar-refractivity contribution >= 4 is 38.4 Å². The summed E-state index contributed by atoms with van der Waals surface area (Å²) < 4.78 is 27.6. The number of pyridine rings is 1. The first-order valence-electron chi connectivity index (χ1n) is 10.6. The molecule has 4 aromatic rings. The third kappa shape index (κ3) is 4.27. The van der Waals surface area contributed by atoms with Crippen molar-refractivity contribution in [1.29, 1.82) is 0 Å². The second-order valence-corrected chi connectivity index (χ2v) is 10.4. The van der Waals surface area contributed by atoms with Crippen LogP contribution in [0.3, 0.4) is 0 Å². The number of piperazine rings is 1. The van der Waals surface area contributed by atoms with Crippen LogP contribution in [0, 0.1) is 6.92 Å². The van der Waals surface area contributed by atoms with Gasteiger partial charge in [0.05, 0.1) is 5.69 Å². The summed E-state index contributed by atoms with van der Waals surface area (Å²) in [6, 6.07) is 10.5. The quantitative estimate of drug-likeness (QED) is 0.464. The van der Waals surface area contributed by atoms with E-state index in [0.717, 1.165) is 16.6 Å². The van der Waals surface area contributed by atoms with Crippen LogP contribution in [0.5, 0.6) is 0 Å². The van der Waals surface area contributed by atoms with Crippen molar-refractivity contribution in [3.63, 3.8) is 0 Å². The molecule has 4 heterocycles. The number of hydrogen-bond donors (Lipinski definition) is 1. The Kier molecular flexibility index (Phi) is 5.80. The van der Waals surface area contributed by atoms with Gasteiger partial charge in [0.15, 0.2) is 0 Å². The van der Waals surface area contributed by atoms with Gasteiger partial charge in [-0.1, -0.05) is 17.7 Å². The highest BCUT2D eigenvalue weighted by Crippen LogP contribution is 2.25. The Hall–Kier alpha value is -3.34. The lowest BCUT2D eigenvalue weighted by Gasteiger charge is -2.33. The van der Waals surface area contributed by atoms with Gasteiger partial charge in [0.25, 0.3) is 15.9 Å². The van der Waals surface area contributed by atoms with Gasteiger partial charge >= 0.3 is 0 Å². The van der Waals surface area contributed by atoms with E-state index >= 15 is 0 Å². The molecule has 1 aromatic carbocycles. The van der Waals surface area contributed by atoms with Crippen LogP contribution in [0.2, 0.25) is 5.02 Å². The molecule has 1 amide bonds. The molecule has 9 nitrogen and oxygen atoms in total. The molecule has 1 saturated heterocycles. The van der Waals surface area contributed by atoms with Crippen LogP contribution < -0.4 is 0 Å². The SMILES string of the molecule is Cc1ccc(-c2cnc(C(=O)N3CCN(S(=O)(=O)c4cc5cc(Cl)ccc5[nH]4)CC3)nc2)nc1. The number of sulfonamides is 1. The Morgan fingerprint density at radius 1 is 0.971 bits per heavy atom. The molecule has 1 N–H and O–H groups in total. The van der Waals surface area contributed by atoms with E-state index in [1.165, 1.54) is 4.31 Å². The van der Waals surface area contributed by atoms with E-state index in [4.69, 9.17) is 11.6 Å².